The van der Waals surface area contributed by atoms with Gasteiger partial charge in [-0.2, -0.15) is 8.78 Å². The van der Waals surface area contributed by atoms with Crippen LogP contribution in [0.25, 0.3) is 0 Å². The van der Waals surface area contributed by atoms with Gasteiger partial charge >= 0.3 is 6.27 Å². The van der Waals surface area contributed by atoms with Crippen LogP contribution < -0.4 is 0 Å². The monoisotopic (exact) mass is 121 g/mol. The number of hydrogen-bond donors (Lipinski definition) is 0. The average Bonchev–Trinajstić information content (AvgIpc) is 0.722. The molecule has 0 fully saturated rings. The Morgan fingerprint density at radius 2 is 1.40 bits per heavy atom. The van der Waals surface area contributed by atoms with Gasteiger partial charge in [-0.1, -0.05) is 0 Å². The molecule has 0 aliphatic rings. The van der Waals surface area contributed by atoms with Crippen molar-refractivity contribution in [2.24, 2.45) is 0 Å². The van der Waals surface area contributed by atoms with E-state index in [2.05, 4.69) is 23.2 Å². The molecule has 0 heterocycles. The van der Waals surface area contributed by atoms with Gasteiger partial charge < -0.3 is 0 Å². The molecule has 0 aromatic heterocycles. The average molecular weight is 122 g/mol. The highest BCUT2D eigenvalue weighted by molar-refractivity contribution is 6.45. The molecule has 0 amide bonds. The summed E-state index contributed by atoms with van der Waals surface area (Å²) in [6, 6.07) is 0. The van der Waals surface area contributed by atoms with Crippen LogP contribution in [-0.4, -0.2) is 4.84 Å². The number of hydrogen-bond acceptors (Lipinski definition) is 0. The fraction of sp³-hybridized carbons (Fsp3) is 1.00. The van der Waals surface area contributed by atoms with Crippen LogP contribution in [0, 0.1) is 0 Å². The molecule has 0 aliphatic carbocycles. The standard InChI is InChI=1S/CCl2F2/c2-1(3,4)5/p+1. The molecular weight excluding hydrogens is 121 g/mol. The summed E-state index contributed by atoms with van der Waals surface area (Å²) in [6.07, 6.45) is 0. The number of rotatable bonds is 0. The molecule has 0 aromatic carbocycles. The first-order valence-electron chi connectivity index (χ1n) is 0.756. The topological polar surface area (TPSA) is 0 Å². The molecule has 4 heteroatoms. The van der Waals surface area contributed by atoms with E-state index in [0.717, 1.165) is 0 Å². The Morgan fingerprint density at radius 3 is 1.40 bits per heavy atom. The van der Waals surface area contributed by atoms with E-state index in [-0.39, 0.29) is 1.43 Å². The van der Waals surface area contributed by atoms with Gasteiger partial charge in [-0.05, 0) is 23.2 Å². The molecule has 0 aliphatic heterocycles. The molecule has 0 radical (unpaired) electrons. The normalized spacial score (nSPS) is 12.0. The van der Waals surface area contributed by atoms with Gasteiger partial charge in [0.15, 0.2) is 0 Å². The van der Waals surface area contributed by atoms with Crippen molar-refractivity contribution in [2.45, 2.75) is 4.84 Å². The predicted molar refractivity (Wildman–Crippen MR) is 17.8 cm³/mol. The molecular formula is CHCl2F2+. The van der Waals surface area contributed by atoms with Crippen LogP contribution in [0.5, 0.6) is 0 Å². The molecule has 0 aromatic rings. The number of halogens is 4. The highest BCUT2D eigenvalue weighted by Crippen LogP contribution is 2.22. The lowest BCUT2D eigenvalue weighted by atomic mass is 11.7. The smallest absolute Gasteiger partial charge is 0.172 e. The zero-order valence-electron chi connectivity index (χ0n) is 3.01. The maximum Gasteiger partial charge on any atom is 1.00 e. The lowest BCUT2D eigenvalue weighted by molar-refractivity contribution is 0.194. The summed E-state index contributed by atoms with van der Waals surface area (Å²) >= 11 is 7.92. The predicted octanol–water partition coefficient (Wildman–Crippen LogP) is 2.13. The van der Waals surface area contributed by atoms with Gasteiger partial charge in [-0.3, -0.25) is 0 Å². The molecule has 0 N–H and O–H groups in total. The molecule has 0 saturated heterocycles. The minimum absolute atomic E-state index is 0. The second kappa shape index (κ2) is 1.27. The van der Waals surface area contributed by atoms with Crippen molar-refractivity contribution in [3.63, 3.8) is 0 Å². The van der Waals surface area contributed by atoms with E-state index in [1.54, 1.807) is 0 Å². The van der Waals surface area contributed by atoms with Gasteiger partial charge in [-0.15, -0.1) is 0 Å². The van der Waals surface area contributed by atoms with E-state index in [1.807, 2.05) is 0 Å². The zero-order valence-corrected chi connectivity index (χ0v) is 3.52. The van der Waals surface area contributed by atoms with Crippen molar-refractivity contribution in [2.75, 3.05) is 0 Å². The van der Waals surface area contributed by atoms with Crippen molar-refractivity contribution in [1.82, 2.24) is 0 Å². The first-order chi connectivity index (χ1) is 2.00. The van der Waals surface area contributed by atoms with E-state index in [0.29, 0.717) is 0 Å². The first kappa shape index (κ1) is 5.44. The largest absolute Gasteiger partial charge is 1.00 e. The summed E-state index contributed by atoms with van der Waals surface area (Å²) < 4.78 is 21.1. The Labute approximate surface area is 39.2 Å². The van der Waals surface area contributed by atoms with E-state index in [9.17, 15) is 8.78 Å². The highest BCUT2D eigenvalue weighted by atomic mass is 35.5. The van der Waals surface area contributed by atoms with E-state index in [1.165, 1.54) is 0 Å². The third-order valence-corrected chi connectivity index (χ3v) is 0. The molecule has 0 rings (SSSR count). The lowest BCUT2D eigenvalue weighted by Gasteiger charge is -1.87. The molecule has 0 bridgehead atoms. The molecule has 0 saturated carbocycles. The fourth-order valence-electron chi connectivity index (χ4n) is 0. The van der Waals surface area contributed by atoms with Crippen molar-refractivity contribution in [3.8, 4) is 0 Å². The van der Waals surface area contributed by atoms with Gasteiger partial charge in [0.25, 0.3) is 0 Å². The Hall–Kier alpha value is 0.440. The summed E-state index contributed by atoms with van der Waals surface area (Å²) in [7, 11) is 0. The molecule has 0 spiro atoms. The van der Waals surface area contributed by atoms with Crippen molar-refractivity contribution in [3.05, 3.63) is 0 Å². The molecule has 0 atom stereocenters. The maximum absolute atomic E-state index is 10.6. The lowest BCUT2D eigenvalue weighted by Crippen LogP contribution is -1.86. The summed E-state index contributed by atoms with van der Waals surface area (Å²) in [5.74, 6) is 0. The maximum atomic E-state index is 10.6. The van der Waals surface area contributed by atoms with Crippen LogP contribution in [0.15, 0.2) is 0 Å². The van der Waals surface area contributed by atoms with Crippen LogP contribution >= 0.6 is 23.2 Å². The summed E-state index contributed by atoms with van der Waals surface area (Å²) in [5.41, 5.74) is 0. The minimum atomic E-state index is -3.56. The van der Waals surface area contributed by atoms with Gasteiger partial charge in [0.1, 0.15) is 0 Å². The molecule has 0 unspecified atom stereocenters. The third kappa shape index (κ3) is 137. The van der Waals surface area contributed by atoms with Gasteiger partial charge in [0, 0.05) is 0 Å². The molecule has 5 heavy (non-hydrogen) atoms. The molecule has 0 nitrogen and oxygen atoms in total. The minimum Gasteiger partial charge on any atom is -0.172 e. The van der Waals surface area contributed by atoms with Crippen LogP contribution in [0.2, 0.25) is 0 Å². The van der Waals surface area contributed by atoms with Gasteiger partial charge in [0.2, 0.25) is 0 Å². The van der Waals surface area contributed by atoms with Crippen LogP contribution in [0.4, 0.5) is 8.78 Å². The quantitative estimate of drug-likeness (QED) is 0.431. The van der Waals surface area contributed by atoms with Crippen LogP contribution in [0.3, 0.4) is 0 Å². The number of alkyl halides is 4. The second-order valence-electron chi connectivity index (χ2n) is 0.429. The third-order valence-electron chi connectivity index (χ3n) is 0. The summed E-state index contributed by atoms with van der Waals surface area (Å²) in [6.45, 7) is 0. The summed E-state index contributed by atoms with van der Waals surface area (Å²) in [4.78, 5) is -3.56. The van der Waals surface area contributed by atoms with Crippen molar-refractivity contribution < 1.29 is 10.2 Å². The first-order valence-corrected chi connectivity index (χ1v) is 1.51. The molecule has 32 valence electrons. The van der Waals surface area contributed by atoms with Crippen molar-refractivity contribution >= 4 is 23.2 Å². The van der Waals surface area contributed by atoms with E-state index < -0.39 is 4.84 Å². The highest BCUT2D eigenvalue weighted by Gasteiger charge is 2.17. The van der Waals surface area contributed by atoms with Gasteiger partial charge in [-0.25, -0.2) is 0 Å². The Morgan fingerprint density at radius 1 is 1.40 bits per heavy atom. The fourth-order valence-corrected chi connectivity index (χ4v) is 0. The van der Waals surface area contributed by atoms with Crippen LogP contribution in [0.1, 0.15) is 1.43 Å². The van der Waals surface area contributed by atoms with Crippen molar-refractivity contribution in [1.29, 1.82) is 0 Å². The zero-order chi connectivity index (χ0) is 4.50. The Bertz CT molecular complexity index is 27.0. The van der Waals surface area contributed by atoms with E-state index >= 15 is 0 Å². The van der Waals surface area contributed by atoms with Crippen LogP contribution in [-0.2, 0) is 0 Å². The second-order valence-corrected chi connectivity index (χ2v) is 1.57. The van der Waals surface area contributed by atoms with Gasteiger partial charge in [0.05, 0.1) is 0 Å². The Balaban J connectivity index is 0. The van der Waals surface area contributed by atoms with E-state index in [4.69, 9.17) is 0 Å². The summed E-state index contributed by atoms with van der Waals surface area (Å²) in [5, 5.41) is 0. The Kier molecular flexibility index (Phi) is 1.38. The SMILES string of the molecule is FC(F)(Cl)Cl.[H+].